The molecule has 1 unspecified atom stereocenters. The highest BCUT2D eigenvalue weighted by Crippen LogP contribution is 2.67. The number of halogens is 1. The Morgan fingerprint density at radius 2 is 1.83 bits per heavy atom. The minimum Gasteiger partial charge on any atom is -0.362 e. The minimum atomic E-state index is -1.71. The summed E-state index contributed by atoms with van der Waals surface area (Å²) in [5.41, 5.74) is 6.39. The van der Waals surface area contributed by atoms with Crippen molar-refractivity contribution in [3.05, 3.63) is 24.3 Å². The van der Waals surface area contributed by atoms with E-state index in [1.165, 1.54) is 6.08 Å². The average Bonchev–Trinajstić information content (AvgIpc) is 2.77. The minimum absolute atomic E-state index is 0.0654. The summed E-state index contributed by atoms with van der Waals surface area (Å²) in [7, 11) is 0. The van der Waals surface area contributed by atoms with Gasteiger partial charge in [-0.2, -0.15) is 0 Å². The summed E-state index contributed by atoms with van der Waals surface area (Å²) in [4.78, 5) is -0.354. The van der Waals surface area contributed by atoms with E-state index in [-0.39, 0.29) is 27.7 Å². The fourth-order valence-electron chi connectivity index (χ4n) is 6.11. The van der Waals surface area contributed by atoms with Gasteiger partial charge >= 0.3 is 0 Å². The smallest absolute Gasteiger partial charge is 0.183 e. The summed E-state index contributed by atoms with van der Waals surface area (Å²) in [6.07, 6.45) is 12.5. The Labute approximate surface area is 143 Å². The zero-order chi connectivity index (χ0) is 16.7. The summed E-state index contributed by atoms with van der Waals surface area (Å²) in [6.45, 7) is 4.54. The lowest BCUT2D eigenvalue weighted by Crippen LogP contribution is -2.61. The molecule has 0 aromatic heterocycles. The number of fused-ring (bicyclic) bond motifs is 5. The Morgan fingerprint density at radius 1 is 1.09 bits per heavy atom. The first kappa shape index (κ1) is 16.1. The quantitative estimate of drug-likeness (QED) is 0.362. The van der Waals surface area contributed by atoms with Crippen molar-refractivity contribution in [1.82, 2.24) is 0 Å². The van der Waals surface area contributed by atoms with Crippen molar-refractivity contribution < 1.29 is 10.2 Å². The lowest BCUT2D eigenvalue weighted by Gasteiger charge is -2.61. The molecule has 0 aromatic carbocycles. The second-order valence-electron chi connectivity index (χ2n) is 8.87. The summed E-state index contributed by atoms with van der Waals surface area (Å²) >= 11 is 7.35. The van der Waals surface area contributed by atoms with Crippen molar-refractivity contribution in [1.29, 1.82) is 0 Å². The topological polar surface area (TPSA) is 66.5 Å². The molecule has 4 aliphatic rings. The predicted octanol–water partition coefficient (Wildman–Crippen LogP) is 2.95. The number of hydrogen-bond donors (Lipinski definition) is 3. The normalized spacial score (nSPS) is 56.8. The van der Waals surface area contributed by atoms with Crippen LogP contribution in [0.1, 0.15) is 46.0 Å². The zero-order valence-electron chi connectivity index (χ0n) is 14.0. The highest BCUT2D eigenvalue weighted by Gasteiger charge is 2.65. The fourth-order valence-corrected chi connectivity index (χ4v) is 6.63. The molecule has 0 saturated heterocycles. The van der Waals surface area contributed by atoms with E-state index < -0.39 is 5.79 Å². The third kappa shape index (κ3) is 1.94. The van der Waals surface area contributed by atoms with Crippen LogP contribution in [-0.4, -0.2) is 26.9 Å². The van der Waals surface area contributed by atoms with E-state index >= 15 is 0 Å². The summed E-state index contributed by atoms with van der Waals surface area (Å²) in [5.74, 6) is -0.808. The molecule has 0 amide bonds. The Morgan fingerprint density at radius 3 is 2.57 bits per heavy atom. The van der Waals surface area contributed by atoms with E-state index in [4.69, 9.17) is 17.3 Å². The van der Waals surface area contributed by atoms with Crippen molar-refractivity contribution in [2.24, 2.45) is 34.3 Å². The molecule has 2 fully saturated rings. The van der Waals surface area contributed by atoms with Gasteiger partial charge in [-0.25, -0.2) is 0 Å². The van der Waals surface area contributed by atoms with Gasteiger partial charge in [-0.05, 0) is 49.0 Å². The van der Waals surface area contributed by atoms with E-state index in [0.717, 1.165) is 25.7 Å². The molecule has 128 valence electrons. The van der Waals surface area contributed by atoms with E-state index in [0.29, 0.717) is 18.3 Å². The van der Waals surface area contributed by atoms with Crippen molar-refractivity contribution in [3.8, 4) is 0 Å². The molecule has 7 atom stereocenters. The van der Waals surface area contributed by atoms with Gasteiger partial charge in [0.1, 0.15) is 0 Å². The van der Waals surface area contributed by atoms with Gasteiger partial charge in [0, 0.05) is 23.8 Å². The fraction of sp³-hybridized carbons (Fsp3) is 0.789. The third-order valence-electron chi connectivity index (χ3n) is 7.91. The standard InChI is InChI=1S/C19H28ClNO2/c1-16-7-10-19(20)14(13(16)5-6-15(16)21)4-3-12-11-18(22,23)9-8-17(12,19)2/h3-4,8-9,12-15,22-23H,5-7,10-11,21H2,1-2H3/t12?,13-,14-,15-,16-,17-,19+/m0/s1. The largest absolute Gasteiger partial charge is 0.362 e. The predicted molar refractivity (Wildman–Crippen MR) is 91.8 cm³/mol. The Hall–Kier alpha value is -0.350. The van der Waals surface area contributed by atoms with Gasteiger partial charge in [0.2, 0.25) is 0 Å². The highest BCUT2D eigenvalue weighted by atomic mass is 35.5. The van der Waals surface area contributed by atoms with Gasteiger partial charge in [0.05, 0.1) is 4.87 Å². The highest BCUT2D eigenvalue weighted by molar-refractivity contribution is 6.25. The van der Waals surface area contributed by atoms with Crippen molar-refractivity contribution in [2.75, 3.05) is 0 Å². The van der Waals surface area contributed by atoms with Gasteiger partial charge in [0.25, 0.3) is 0 Å². The van der Waals surface area contributed by atoms with Crippen LogP contribution in [0.25, 0.3) is 0 Å². The van der Waals surface area contributed by atoms with Crippen LogP contribution in [0.2, 0.25) is 0 Å². The van der Waals surface area contributed by atoms with Crippen LogP contribution in [0.4, 0.5) is 0 Å². The number of allylic oxidation sites excluding steroid dienone is 3. The molecule has 0 radical (unpaired) electrons. The molecule has 4 heteroatoms. The van der Waals surface area contributed by atoms with Crippen LogP contribution in [0.5, 0.6) is 0 Å². The molecule has 0 bridgehead atoms. The molecule has 0 heterocycles. The molecule has 2 saturated carbocycles. The maximum absolute atomic E-state index is 10.0. The summed E-state index contributed by atoms with van der Waals surface area (Å²) in [6, 6.07) is 0.275. The summed E-state index contributed by atoms with van der Waals surface area (Å²) in [5, 5.41) is 20.0. The molecule has 3 nitrogen and oxygen atoms in total. The second kappa shape index (κ2) is 4.63. The average molecular weight is 338 g/mol. The number of rotatable bonds is 0. The first-order valence-electron chi connectivity index (χ1n) is 8.90. The van der Waals surface area contributed by atoms with Crippen molar-refractivity contribution in [2.45, 2.75) is 62.7 Å². The van der Waals surface area contributed by atoms with Crippen molar-refractivity contribution in [3.63, 3.8) is 0 Å². The van der Waals surface area contributed by atoms with E-state index in [1.54, 1.807) is 0 Å². The van der Waals surface area contributed by atoms with Gasteiger partial charge in [-0.15, -0.1) is 11.6 Å². The first-order chi connectivity index (χ1) is 10.6. The Bertz CT molecular complexity index is 588. The summed E-state index contributed by atoms with van der Waals surface area (Å²) < 4.78 is 0. The number of hydrogen-bond acceptors (Lipinski definition) is 3. The maximum atomic E-state index is 10.0. The molecular weight excluding hydrogens is 310 g/mol. The lowest BCUT2D eigenvalue weighted by atomic mass is 9.47. The lowest BCUT2D eigenvalue weighted by molar-refractivity contribution is -0.148. The van der Waals surface area contributed by atoms with Crippen LogP contribution < -0.4 is 5.73 Å². The Kier molecular flexibility index (Phi) is 3.25. The molecule has 23 heavy (non-hydrogen) atoms. The number of aliphatic hydroxyl groups is 2. The monoisotopic (exact) mass is 337 g/mol. The van der Waals surface area contributed by atoms with Gasteiger partial charge in [0.15, 0.2) is 5.79 Å². The van der Waals surface area contributed by atoms with E-state index in [2.05, 4.69) is 26.0 Å². The van der Waals surface area contributed by atoms with Crippen molar-refractivity contribution >= 4 is 11.6 Å². The Balaban J connectivity index is 1.78. The molecule has 4 N–H and O–H groups in total. The third-order valence-corrected chi connectivity index (χ3v) is 8.75. The molecule has 0 aromatic rings. The molecule has 4 rings (SSSR count). The maximum Gasteiger partial charge on any atom is 0.183 e. The number of alkyl halides is 1. The molecule has 4 aliphatic carbocycles. The van der Waals surface area contributed by atoms with E-state index in [9.17, 15) is 10.2 Å². The van der Waals surface area contributed by atoms with Gasteiger partial charge < -0.3 is 15.9 Å². The van der Waals surface area contributed by atoms with Crippen LogP contribution in [-0.2, 0) is 0 Å². The first-order valence-corrected chi connectivity index (χ1v) is 9.28. The van der Waals surface area contributed by atoms with Crippen LogP contribution >= 0.6 is 11.6 Å². The van der Waals surface area contributed by atoms with Crippen LogP contribution in [0.3, 0.4) is 0 Å². The van der Waals surface area contributed by atoms with Gasteiger partial charge in [-0.3, -0.25) is 0 Å². The van der Waals surface area contributed by atoms with Gasteiger partial charge in [-0.1, -0.05) is 32.1 Å². The SMILES string of the molecule is C[C@]12CC[C@@]3(Cl)[C@@H](C=CC4CC(O)(O)C=C[C@@]43C)[C@@H]1CC[C@@H]2N. The second-order valence-corrected chi connectivity index (χ2v) is 9.55. The zero-order valence-corrected chi connectivity index (χ0v) is 14.8. The van der Waals surface area contributed by atoms with Crippen LogP contribution in [0.15, 0.2) is 24.3 Å². The molecular formula is C19H28ClNO2. The molecule has 0 spiro atoms. The van der Waals surface area contributed by atoms with Crippen LogP contribution in [0, 0.1) is 28.6 Å². The number of nitrogens with two attached hydrogens (primary N) is 1. The molecule has 0 aliphatic heterocycles. The van der Waals surface area contributed by atoms with E-state index in [1.807, 2.05) is 6.08 Å².